The zero-order valence-electron chi connectivity index (χ0n) is 17.1. The van der Waals surface area contributed by atoms with Crippen LogP contribution in [0.1, 0.15) is 19.3 Å². The number of nitrogens with zero attached hydrogens (tertiary/aromatic N) is 2. The van der Waals surface area contributed by atoms with E-state index in [9.17, 15) is 14.4 Å². The highest BCUT2D eigenvalue weighted by atomic mass is 16.2. The largest absolute Gasteiger partial charge is 0.326 e. The maximum absolute atomic E-state index is 12.9. The third-order valence-corrected chi connectivity index (χ3v) is 6.05. The van der Waals surface area contributed by atoms with Gasteiger partial charge < -0.3 is 15.1 Å². The molecule has 2 aliphatic rings. The van der Waals surface area contributed by atoms with Crippen LogP contribution >= 0.6 is 0 Å². The van der Waals surface area contributed by atoms with E-state index >= 15 is 0 Å². The topological polar surface area (TPSA) is 69.7 Å². The molecule has 6 nitrogen and oxygen atoms in total. The molecular formula is C25H23N3O3. The van der Waals surface area contributed by atoms with Crippen LogP contribution in [-0.2, 0) is 14.4 Å². The Hall–Kier alpha value is -3.67. The smallest absolute Gasteiger partial charge is 0.229 e. The van der Waals surface area contributed by atoms with Crippen LogP contribution in [0.25, 0.3) is 10.8 Å². The van der Waals surface area contributed by atoms with Gasteiger partial charge in [-0.3, -0.25) is 14.4 Å². The normalized spacial score (nSPS) is 18.8. The molecule has 3 aromatic rings. The van der Waals surface area contributed by atoms with Crippen molar-refractivity contribution >= 4 is 45.6 Å². The lowest BCUT2D eigenvalue weighted by atomic mass is 10.1. The van der Waals surface area contributed by atoms with E-state index in [0.717, 1.165) is 28.6 Å². The van der Waals surface area contributed by atoms with Gasteiger partial charge in [0.1, 0.15) is 0 Å². The summed E-state index contributed by atoms with van der Waals surface area (Å²) in [6.07, 6.45) is 1.59. The van der Waals surface area contributed by atoms with E-state index in [0.29, 0.717) is 25.2 Å². The fourth-order valence-corrected chi connectivity index (χ4v) is 4.48. The Labute approximate surface area is 180 Å². The van der Waals surface area contributed by atoms with Crippen LogP contribution in [0.4, 0.5) is 17.1 Å². The van der Waals surface area contributed by atoms with Crippen molar-refractivity contribution in [2.24, 2.45) is 5.92 Å². The SMILES string of the molecule is O=C(Nc1cccc(N2CCCC2=O)c1)[C@@H]1CC(=O)N(c2cccc3ccccc23)C1. The molecule has 2 saturated heterocycles. The second-order valence-electron chi connectivity index (χ2n) is 8.09. The monoisotopic (exact) mass is 413 g/mol. The van der Waals surface area contributed by atoms with Gasteiger partial charge in [-0.2, -0.15) is 0 Å². The van der Waals surface area contributed by atoms with Crippen molar-refractivity contribution < 1.29 is 14.4 Å². The molecule has 3 aromatic carbocycles. The molecule has 0 spiro atoms. The zero-order valence-corrected chi connectivity index (χ0v) is 17.1. The summed E-state index contributed by atoms with van der Waals surface area (Å²) in [7, 11) is 0. The van der Waals surface area contributed by atoms with Gasteiger partial charge in [-0.05, 0) is 36.1 Å². The molecule has 2 fully saturated rings. The zero-order chi connectivity index (χ0) is 21.4. The van der Waals surface area contributed by atoms with Crippen molar-refractivity contribution in [1.82, 2.24) is 0 Å². The quantitative estimate of drug-likeness (QED) is 0.704. The van der Waals surface area contributed by atoms with Crippen LogP contribution in [-0.4, -0.2) is 30.8 Å². The minimum Gasteiger partial charge on any atom is -0.326 e. The predicted molar refractivity (Wildman–Crippen MR) is 121 cm³/mol. The lowest BCUT2D eigenvalue weighted by molar-refractivity contribution is -0.122. The van der Waals surface area contributed by atoms with Gasteiger partial charge in [0.2, 0.25) is 17.7 Å². The Morgan fingerprint density at radius 2 is 1.71 bits per heavy atom. The van der Waals surface area contributed by atoms with Crippen molar-refractivity contribution in [3.05, 3.63) is 66.7 Å². The number of rotatable bonds is 4. The first-order chi connectivity index (χ1) is 15.1. The highest BCUT2D eigenvalue weighted by Gasteiger charge is 2.35. The first-order valence-corrected chi connectivity index (χ1v) is 10.6. The fourth-order valence-electron chi connectivity index (χ4n) is 4.48. The van der Waals surface area contributed by atoms with Gasteiger partial charge in [-0.25, -0.2) is 0 Å². The van der Waals surface area contributed by atoms with Crippen LogP contribution in [0.5, 0.6) is 0 Å². The second kappa shape index (κ2) is 7.87. The van der Waals surface area contributed by atoms with Gasteiger partial charge in [-0.15, -0.1) is 0 Å². The number of benzene rings is 3. The number of hydrogen-bond acceptors (Lipinski definition) is 3. The number of hydrogen-bond donors (Lipinski definition) is 1. The van der Waals surface area contributed by atoms with Gasteiger partial charge in [0.15, 0.2) is 0 Å². The minimum atomic E-state index is -0.427. The first kappa shape index (κ1) is 19.3. The molecule has 6 heteroatoms. The number of anilines is 3. The molecule has 0 saturated carbocycles. The van der Waals surface area contributed by atoms with Gasteiger partial charge in [0.25, 0.3) is 0 Å². The molecule has 2 aliphatic heterocycles. The average Bonchev–Trinajstić information content (AvgIpc) is 3.39. The van der Waals surface area contributed by atoms with Gasteiger partial charge in [-0.1, -0.05) is 42.5 Å². The summed E-state index contributed by atoms with van der Waals surface area (Å²) in [6.45, 7) is 1.05. The number of carbonyl (C=O) groups excluding carboxylic acids is 3. The highest BCUT2D eigenvalue weighted by Crippen LogP contribution is 2.32. The first-order valence-electron chi connectivity index (χ1n) is 10.6. The molecule has 0 aromatic heterocycles. The summed E-state index contributed by atoms with van der Waals surface area (Å²) in [5.74, 6) is -0.548. The maximum atomic E-state index is 12.9. The maximum Gasteiger partial charge on any atom is 0.229 e. The number of amides is 3. The summed E-state index contributed by atoms with van der Waals surface area (Å²) >= 11 is 0. The molecule has 1 atom stereocenters. The van der Waals surface area contributed by atoms with Crippen LogP contribution < -0.4 is 15.1 Å². The molecule has 3 amide bonds. The molecule has 2 heterocycles. The molecule has 0 aliphatic carbocycles. The Bertz CT molecular complexity index is 1180. The van der Waals surface area contributed by atoms with E-state index in [1.807, 2.05) is 60.7 Å². The molecule has 1 N–H and O–H groups in total. The fraction of sp³-hybridized carbons (Fsp3) is 0.240. The van der Waals surface area contributed by atoms with E-state index in [-0.39, 0.29) is 24.1 Å². The predicted octanol–water partition coefficient (Wildman–Crippen LogP) is 3.96. The summed E-state index contributed by atoms with van der Waals surface area (Å²) in [5.41, 5.74) is 2.27. The van der Waals surface area contributed by atoms with E-state index in [1.54, 1.807) is 15.9 Å². The average molecular weight is 413 g/mol. The molecule has 31 heavy (non-hydrogen) atoms. The second-order valence-corrected chi connectivity index (χ2v) is 8.09. The number of nitrogens with one attached hydrogen (secondary N) is 1. The van der Waals surface area contributed by atoms with E-state index < -0.39 is 5.92 Å². The molecule has 156 valence electrons. The summed E-state index contributed by atoms with van der Waals surface area (Å²) in [4.78, 5) is 41.2. The lowest BCUT2D eigenvalue weighted by Crippen LogP contribution is -2.28. The molecule has 0 unspecified atom stereocenters. The van der Waals surface area contributed by atoms with Crippen molar-refractivity contribution in [1.29, 1.82) is 0 Å². The Balaban J connectivity index is 1.32. The molecule has 0 bridgehead atoms. The number of carbonyl (C=O) groups is 3. The van der Waals surface area contributed by atoms with Crippen molar-refractivity contribution in [3.8, 4) is 0 Å². The standard InChI is InChI=1S/C25H23N3O3/c29-23-12-5-13-27(23)20-9-4-8-19(15-20)26-25(31)18-14-24(30)28(16-18)22-11-3-7-17-6-1-2-10-21(17)22/h1-4,6-11,15,18H,5,12-14,16H2,(H,26,31)/t18-/m1/s1. The number of fused-ring (bicyclic) bond motifs is 1. The summed E-state index contributed by atoms with van der Waals surface area (Å²) in [6, 6.07) is 21.1. The Morgan fingerprint density at radius 1 is 0.903 bits per heavy atom. The van der Waals surface area contributed by atoms with Crippen LogP contribution in [0.3, 0.4) is 0 Å². The lowest BCUT2D eigenvalue weighted by Gasteiger charge is -2.19. The Kier molecular flexibility index (Phi) is 4.90. The minimum absolute atomic E-state index is 0.0482. The highest BCUT2D eigenvalue weighted by molar-refractivity contribution is 6.08. The van der Waals surface area contributed by atoms with Crippen molar-refractivity contribution in [3.63, 3.8) is 0 Å². The van der Waals surface area contributed by atoms with E-state index in [2.05, 4.69) is 5.32 Å². The molecule has 0 radical (unpaired) electrons. The van der Waals surface area contributed by atoms with Crippen molar-refractivity contribution in [2.75, 3.05) is 28.2 Å². The van der Waals surface area contributed by atoms with Crippen molar-refractivity contribution in [2.45, 2.75) is 19.3 Å². The third kappa shape index (κ3) is 3.65. The van der Waals surface area contributed by atoms with E-state index in [4.69, 9.17) is 0 Å². The van der Waals surface area contributed by atoms with Gasteiger partial charge in [0, 0.05) is 42.7 Å². The van der Waals surface area contributed by atoms with Crippen LogP contribution in [0.2, 0.25) is 0 Å². The Morgan fingerprint density at radius 3 is 2.55 bits per heavy atom. The summed E-state index contributed by atoms with van der Waals surface area (Å²) < 4.78 is 0. The molecular weight excluding hydrogens is 390 g/mol. The van der Waals surface area contributed by atoms with Crippen LogP contribution in [0, 0.1) is 5.92 Å². The van der Waals surface area contributed by atoms with Gasteiger partial charge in [0.05, 0.1) is 11.6 Å². The van der Waals surface area contributed by atoms with E-state index in [1.165, 1.54) is 0 Å². The summed E-state index contributed by atoms with van der Waals surface area (Å²) in [5, 5.41) is 5.00. The molecule has 5 rings (SSSR count). The van der Waals surface area contributed by atoms with Gasteiger partial charge >= 0.3 is 0 Å². The van der Waals surface area contributed by atoms with Crippen LogP contribution in [0.15, 0.2) is 66.7 Å². The third-order valence-electron chi connectivity index (χ3n) is 6.05.